The molecule has 1 aliphatic heterocycles. The van der Waals surface area contributed by atoms with Crippen molar-refractivity contribution in [2.75, 3.05) is 4.90 Å². The van der Waals surface area contributed by atoms with E-state index in [1.165, 1.54) is 25.0 Å². The molecule has 2 aliphatic rings. The number of nitrogens with zero attached hydrogens (tertiary/aromatic N) is 3. The van der Waals surface area contributed by atoms with E-state index in [-0.39, 0.29) is 23.9 Å². The standard InChI is InChI=1S/C29H26N4O4S/c34-33(35)21-7-5-6-19(18-21)25-15-16-26(37-25)28-27(24-10-3-4-17-30-24)31-29(38)32(28)20-11-13-23(14-12-20)36-22-8-1-2-9-22/h3-7,10-18,22,27-28H,1-2,8-9H2,(H,31,38)/t27-,28-/m0/s1. The molecule has 2 atom stereocenters. The molecule has 0 bridgehead atoms. The Morgan fingerprint density at radius 1 is 1.03 bits per heavy atom. The predicted octanol–water partition coefficient (Wildman–Crippen LogP) is 6.75. The van der Waals surface area contributed by atoms with Gasteiger partial charge in [-0.3, -0.25) is 15.1 Å². The van der Waals surface area contributed by atoms with Crippen LogP contribution in [0.1, 0.15) is 49.2 Å². The van der Waals surface area contributed by atoms with Crippen molar-refractivity contribution in [3.8, 4) is 17.1 Å². The Labute approximate surface area is 225 Å². The Hall–Kier alpha value is -4.24. The van der Waals surface area contributed by atoms with Gasteiger partial charge in [-0.2, -0.15) is 0 Å². The number of nitrogens with one attached hydrogen (secondary N) is 1. The highest BCUT2D eigenvalue weighted by atomic mass is 32.1. The second-order valence-electron chi connectivity index (χ2n) is 9.52. The molecule has 0 amide bonds. The smallest absolute Gasteiger partial charge is 0.270 e. The number of thiocarbonyl (C=S) groups is 1. The van der Waals surface area contributed by atoms with Gasteiger partial charge in [-0.05, 0) is 86.4 Å². The lowest BCUT2D eigenvalue weighted by atomic mass is 10.0. The Morgan fingerprint density at radius 2 is 1.84 bits per heavy atom. The molecule has 2 fully saturated rings. The summed E-state index contributed by atoms with van der Waals surface area (Å²) in [6, 6.07) is 23.3. The largest absolute Gasteiger partial charge is 0.490 e. The summed E-state index contributed by atoms with van der Waals surface area (Å²) in [6.45, 7) is 0. The van der Waals surface area contributed by atoms with E-state index in [9.17, 15) is 10.1 Å². The third kappa shape index (κ3) is 4.72. The second-order valence-corrected chi connectivity index (χ2v) is 9.91. The molecule has 0 radical (unpaired) electrons. The van der Waals surface area contributed by atoms with E-state index in [2.05, 4.69) is 10.3 Å². The third-order valence-corrected chi connectivity index (χ3v) is 7.39. The van der Waals surface area contributed by atoms with Gasteiger partial charge in [0.1, 0.15) is 23.3 Å². The molecule has 6 rings (SSSR count). The number of hydrogen-bond donors (Lipinski definition) is 1. The molecule has 1 saturated heterocycles. The van der Waals surface area contributed by atoms with E-state index in [4.69, 9.17) is 21.4 Å². The van der Waals surface area contributed by atoms with Crippen molar-refractivity contribution in [1.29, 1.82) is 0 Å². The highest BCUT2D eigenvalue weighted by molar-refractivity contribution is 7.80. The van der Waals surface area contributed by atoms with Crippen molar-refractivity contribution in [3.63, 3.8) is 0 Å². The summed E-state index contributed by atoms with van der Waals surface area (Å²) in [5, 5.41) is 15.3. The molecule has 3 heterocycles. The molecule has 8 nitrogen and oxygen atoms in total. The molecule has 4 aromatic rings. The zero-order valence-corrected chi connectivity index (χ0v) is 21.3. The van der Waals surface area contributed by atoms with Crippen molar-refractivity contribution in [2.24, 2.45) is 0 Å². The van der Waals surface area contributed by atoms with Crippen LogP contribution in [0.3, 0.4) is 0 Å². The lowest BCUT2D eigenvalue weighted by Crippen LogP contribution is -2.29. The van der Waals surface area contributed by atoms with Crippen LogP contribution in [-0.4, -0.2) is 21.1 Å². The summed E-state index contributed by atoms with van der Waals surface area (Å²) >= 11 is 5.81. The van der Waals surface area contributed by atoms with E-state index in [1.54, 1.807) is 18.3 Å². The molecule has 38 heavy (non-hydrogen) atoms. The molecule has 1 aliphatic carbocycles. The van der Waals surface area contributed by atoms with Crippen LogP contribution in [0.25, 0.3) is 11.3 Å². The lowest BCUT2D eigenvalue weighted by molar-refractivity contribution is -0.384. The van der Waals surface area contributed by atoms with Crippen molar-refractivity contribution in [2.45, 2.75) is 43.9 Å². The summed E-state index contributed by atoms with van der Waals surface area (Å²) in [5.74, 6) is 2.06. The quantitative estimate of drug-likeness (QED) is 0.161. The van der Waals surface area contributed by atoms with Crippen LogP contribution < -0.4 is 15.0 Å². The van der Waals surface area contributed by atoms with E-state index in [1.807, 2.05) is 59.5 Å². The Bertz CT molecular complexity index is 1450. The normalized spacial score (nSPS) is 19.5. The molecule has 2 aromatic heterocycles. The Kier molecular flexibility index (Phi) is 6.51. The maximum atomic E-state index is 11.3. The van der Waals surface area contributed by atoms with Crippen LogP contribution in [0.5, 0.6) is 5.75 Å². The van der Waals surface area contributed by atoms with Crippen LogP contribution in [-0.2, 0) is 0 Å². The monoisotopic (exact) mass is 526 g/mol. The first-order chi connectivity index (χ1) is 18.6. The van der Waals surface area contributed by atoms with Gasteiger partial charge in [-0.1, -0.05) is 18.2 Å². The molecule has 2 aromatic carbocycles. The molecule has 1 N–H and O–H groups in total. The van der Waals surface area contributed by atoms with Gasteiger partial charge in [0.05, 0.1) is 22.8 Å². The molecule has 0 unspecified atom stereocenters. The first-order valence-electron chi connectivity index (χ1n) is 12.7. The molecule has 9 heteroatoms. The van der Waals surface area contributed by atoms with Crippen molar-refractivity contribution in [3.05, 3.63) is 107 Å². The van der Waals surface area contributed by atoms with Crippen LogP contribution >= 0.6 is 12.2 Å². The number of nitro benzene ring substituents is 1. The highest BCUT2D eigenvalue weighted by Crippen LogP contribution is 2.43. The maximum absolute atomic E-state index is 11.3. The average Bonchev–Trinajstić information content (AvgIpc) is 3.70. The predicted molar refractivity (Wildman–Crippen MR) is 148 cm³/mol. The van der Waals surface area contributed by atoms with E-state index < -0.39 is 4.92 Å². The molecule has 192 valence electrons. The number of hydrogen-bond acceptors (Lipinski definition) is 6. The summed E-state index contributed by atoms with van der Waals surface area (Å²) in [7, 11) is 0. The van der Waals surface area contributed by atoms with Gasteiger partial charge in [0.15, 0.2) is 5.11 Å². The molecule has 0 spiro atoms. The molecular weight excluding hydrogens is 500 g/mol. The van der Waals surface area contributed by atoms with E-state index in [0.717, 1.165) is 30.0 Å². The van der Waals surface area contributed by atoms with Crippen LogP contribution in [0.2, 0.25) is 0 Å². The van der Waals surface area contributed by atoms with E-state index in [0.29, 0.717) is 22.2 Å². The van der Waals surface area contributed by atoms with Crippen molar-refractivity contribution in [1.82, 2.24) is 10.3 Å². The fourth-order valence-corrected chi connectivity index (χ4v) is 5.59. The lowest BCUT2D eigenvalue weighted by Gasteiger charge is -2.26. The highest BCUT2D eigenvalue weighted by Gasteiger charge is 2.42. The SMILES string of the molecule is O=[N+]([O-])c1cccc(-c2ccc([C@H]3[C@H](c4ccccn4)NC(=S)N3c3ccc(OC4CCCC4)cc3)o2)c1. The fourth-order valence-electron chi connectivity index (χ4n) is 5.25. The number of pyridine rings is 1. The first kappa shape index (κ1) is 24.1. The maximum Gasteiger partial charge on any atom is 0.270 e. The number of ether oxygens (including phenoxy) is 1. The average molecular weight is 527 g/mol. The topological polar surface area (TPSA) is 93.7 Å². The van der Waals surface area contributed by atoms with Crippen LogP contribution in [0.4, 0.5) is 11.4 Å². The number of aromatic nitrogens is 1. The first-order valence-corrected chi connectivity index (χ1v) is 13.1. The van der Waals surface area contributed by atoms with Gasteiger partial charge >= 0.3 is 0 Å². The minimum Gasteiger partial charge on any atom is -0.490 e. The summed E-state index contributed by atoms with van der Waals surface area (Å²) in [6.07, 6.45) is 6.67. The minimum absolute atomic E-state index is 0.0112. The summed E-state index contributed by atoms with van der Waals surface area (Å²) < 4.78 is 12.5. The number of anilines is 1. The third-order valence-electron chi connectivity index (χ3n) is 7.08. The number of benzene rings is 2. The van der Waals surface area contributed by atoms with Gasteiger partial charge in [-0.25, -0.2) is 0 Å². The number of nitro groups is 1. The molecular formula is C29H26N4O4S. The van der Waals surface area contributed by atoms with Gasteiger partial charge in [0.2, 0.25) is 0 Å². The number of furan rings is 1. The Balaban J connectivity index is 1.35. The summed E-state index contributed by atoms with van der Waals surface area (Å²) in [5.41, 5.74) is 2.38. The molecule has 1 saturated carbocycles. The fraction of sp³-hybridized carbons (Fsp3) is 0.241. The van der Waals surface area contributed by atoms with E-state index >= 15 is 0 Å². The zero-order valence-electron chi connectivity index (χ0n) is 20.5. The van der Waals surface area contributed by atoms with Crippen molar-refractivity contribution < 1.29 is 14.1 Å². The Morgan fingerprint density at radius 3 is 2.58 bits per heavy atom. The van der Waals surface area contributed by atoms with Crippen LogP contribution in [0.15, 0.2) is 89.5 Å². The zero-order chi connectivity index (χ0) is 26.1. The van der Waals surface area contributed by atoms with Crippen molar-refractivity contribution >= 4 is 28.7 Å². The van der Waals surface area contributed by atoms with Gasteiger partial charge in [0, 0.05) is 29.6 Å². The van der Waals surface area contributed by atoms with Crippen LogP contribution in [0, 0.1) is 10.1 Å². The summed E-state index contributed by atoms with van der Waals surface area (Å²) in [4.78, 5) is 17.5. The second kappa shape index (κ2) is 10.3. The van der Waals surface area contributed by atoms with Gasteiger partial charge in [0.25, 0.3) is 5.69 Å². The van der Waals surface area contributed by atoms with Gasteiger partial charge < -0.3 is 19.4 Å². The van der Waals surface area contributed by atoms with Gasteiger partial charge in [-0.15, -0.1) is 0 Å². The number of non-ortho nitro benzene ring substituents is 1. The number of rotatable bonds is 7. The minimum atomic E-state index is -0.411.